The van der Waals surface area contributed by atoms with Crippen molar-refractivity contribution in [3.63, 3.8) is 0 Å². The van der Waals surface area contributed by atoms with Crippen LogP contribution in [0.1, 0.15) is 56.5 Å². The summed E-state index contributed by atoms with van der Waals surface area (Å²) in [7, 11) is -3.35. The third-order valence-electron chi connectivity index (χ3n) is 4.48. The maximum absolute atomic E-state index is 11.6. The van der Waals surface area contributed by atoms with Crippen LogP contribution in [-0.4, -0.2) is 32.3 Å². The minimum atomic E-state index is -3.35. The molecule has 168 valence electrons. The van der Waals surface area contributed by atoms with Gasteiger partial charge in [0.1, 0.15) is 0 Å². The summed E-state index contributed by atoms with van der Waals surface area (Å²) in [5, 5.41) is 10.6. The number of rotatable bonds is 10. The zero-order chi connectivity index (χ0) is 21.3. The van der Waals surface area contributed by atoms with Crippen LogP contribution in [0, 0.1) is 0 Å². The first kappa shape index (κ1) is 26.2. The van der Waals surface area contributed by atoms with Gasteiger partial charge >= 0.3 is 0 Å². The summed E-state index contributed by atoms with van der Waals surface area (Å²) in [5.41, 5.74) is 2.29. The van der Waals surface area contributed by atoms with E-state index in [1.807, 2.05) is 25.1 Å². The van der Waals surface area contributed by atoms with Crippen LogP contribution in [0.4, 0.5) is 5.69 Å². The number of benzene rings is 1. The molecule has 0 saturated carbocycles. The quantitative estimate of drug-likeness (QED) is 0.236. The Hall–Kier alpha value is -1.82. The maximum atomic E-state index is 11.6. The number of halogens is 1. The van der Waals surface area contributed by atoms with Gasteiger partial charge in [0, 0.05) is 18.5 Å². The van der Waals surface area contributed by atoms with Gasteiger partial charge in [0.15, 0.2) is 11.7 Å². The van der Waals surface area contributed by atoms with Crippen LogP contribution in [0.15, 0.2) is 39.8 Å². The van der Waals surface area contributed by atoms with Gasteiger partial charge in [0.2, 0.25) is 10.0 Å². The van der Waals surface area contributed by atoms with Crippen molar-refractivity contribution >= 4 is 45.6 Å². The van der Waals surface area contributed by atoms with Crippen LogP contribution in [0.5, 0.6) is 0 Å². The molecule has 3 N–H and O–H groups in total. The molecule has 10 heteroatoms. The van der Waals surface area contributed by atoms with Crippen molar-refractivity contribution in [2.24, 2.45) is 4.99 Å². The standard InChI is InChI=1S/C20H31N5O3S.HI/c1-5-15(6-2)19-12-17(28-24-19)14-23-20(21-7-3)22-13-16-10-8-9-11-18(16)25-29(4,26)27;/h8-12,15,25H,5-7,13-14H2,1-4H3,(H2,21,22,23);1H. The van der Waals surface area contributed by atoms with Crippen LogP contribution >= 0.6 is 24.0 Å². The predicted octanol–water partition coefficient (Wildman–Crippen LogP) is 3.82. The summed E-state index contributed by atoms with van der Waals surface area (Å²) in [4.78, 5) is 4.56. The first-order valence-corrected chi connectivity index (χ1v) is 11.8. The molecule has 0 aliphatic heterocycles. The number of hydrogen-bond donors (Lipinski definition) is 3. The average Bonchev–Trinajstić information content (AvgIpc) is 3.13. The fourth-order valence-electron chi connectivity index (χ4n) is 2.95. The Kier molecular flexibility index (Phi) is 11.2. The minimum absolute atomic E-state index is 0. The lowest BCUT2D eigenvalue weighted by Gasteiger charge is -2.12. The number of hydrogen-bond acceptors (Lipinski definition) is 5. The summed E-state index contributed by atoms with van der Waals surface area (Å²) in [6, 6.07) is 9.19. The van der Waals surface area contributed by atoms with Crippen molar-refractivity contribution in [1.82, 2.24) is 15.8 Å². The fourth-order valence-corrected chi connectivity index (χ4v) is 3.54. The Morgan fingerprint density at radius 2 is 1.87 bits per heavy atom. The fraction of sp³-hybridized carbons (Fsp3) is 0.500. The summed E-state index contributed by atoms with van der Waals surface area (Å²) in [6.07, 6.45) is 3.19. The number of guanidine groups is 1. The lowest BCUT2D eigenvalue weighted by molar-refractivity contribution is 0.368. The Morgan fingerprint density at radius 1 is 1.17 bits per heavy atom. The van der Waals surface area contributed by atoms with Crippen molar-refractivity contribution in [3.05, 3.63) is 47.3 Å². The molecule has 0 spiro atoms. The molecule has 0 aliphatic rings. The topological polar surface area (TPSA) is 109 Å². The van der Waals surface area contributed by atoms with E-state index in [-0.39, 0.29) is 24.0 Å². The van der Waals surface area contributed by atoms with Gasteiger partial charge in [-0.25, -0.2) is 13.4 Å². The van der Waals surface area contributed by atoms with Gasteiger partial charge in [0.25, 0.3) is 0 Å². The monoisotopic (exact) mass is 549 g/mol. The molecule has 0 atom stereocenters. The predicted molar refractivity (Wildman–Crippen MR) is 132 cm³/mol. The van der Waals surface area contributed by atoms with Crippen LogP contribution in [-0.2, 0) is 23.1 Å². The molecule has 0 aliphatic carbocycles. The van der Waals surface area contributed by atoms with Gasteiger partial charge in [-0.2, -0.15) is 0 Å². The molecule has 0 amide bonds. The number of aromatic nitrogens is 1. The van der Waals surface area contributed by atoms with Crippen molar-refractivity contribution in [1.29, 1.82) is 0 Å². The number of aliphatic imine (C=N–C) groups is 1. The number of sulfonamides is 1. The molecule has 8 nitrogen and oxygen atoms in total. The molecule has 0 unspecified atom stereocenters. The van der Waals surface area contributed by atoms with Crippen LogP contribution < -0.4 is 15.4 Å². The van der Waals surface area contributed by atoms with Gasteiger partial charge in [-0.05, 0) is 31.4 Å². The summed E-state index contributed by atoms with van der Waals surface area (Å²) in [5.74, 6) is 1.77. The second-order valence-electron chi connectivity index (χ2n) is 6.81. The van der Waals surface area contributed by atoms with Gasteiger partial charge in [-0.15, -0.1) is 24.0 Å². The molecule has 0 saturated heterocycles. The lowest BCUT2D eigenvalue weighted by Crippen LogP contribution is -2.36. The third kappa shape index (κ3) is 8.50. The summed E-state index contributed by atoms with van der Waals surface area (Å²) >= 11 is 0. The molecule has 0 bridgehead atoms. The number of anilines is 1. The van der Waals surface area contributed by atoms with E-state index in [4.69, 9.17) is 4.52 Å². The highest BCUT2D eigenvalue weighted by atomic mass is 127. The van der Waals surface area contributed by atoms with Gasteiger partial charge in [0.05, 0.1) is 30.7 Å². The van der Waals surface area contributed by atoms with E-state index in [1.165, 1.54) is 0 Å². The lowest BCUT2D eigenvalue weighted by atomic mass is 9.99. The molecule has 2 rings (SSSR count). The molecule has 1 heterocycles. The molecular formula is C20H32IN5O3S. The summed E-state index contributed by atoms with van der Waals surface area (Å²) in [6.45, 7) is 7.76. The van der Waals surface area contributed by atoms with E-state index >= 15 is 0 Å². The highest BCUT2D eigenvalue weighted by Crippen LogP contribution is 2.22. The molecular weight excluding hydrogens is 517 g/mol. The first-order chi connectivity index (χ1) is 13.9. The van der Waals surface area contributed by atoms with Crippen LogP contribution in [0.2, 0.25) is 0 Å². The molecule has 30 heavy (non-hydrogen) atoms. The molecule has 1 aromatic heterocycles. The van der Waals surface area contributed by atoms with Crippen molar-refractivity contribution in [2.75, 3.05) is 17.5 Å². The minimum Gasteiger partial charge on any atom is -0.359 e. The molecule has 1 aromatic carbocycles. The van der Waals surface area contributed by atoms with E-state index < -0.39 is 10.0 Å². The molecule has 0 radical (unpaired) electrons. The Labute approximate surface area is 196 Å². The van der Waals surface area contributed by atoms with Crippen molar-refractivity contribution in [3.8, 4) is 0 Å². The molecule has 2 aromatic rings. The zero-order valence-corrected chi connectivity index (χ0v) is 21.1. The Balaban J connectivity index is 0.00000450. The van der Waals surface area contributed by atoms with E-state index in [0.717, 1.165) is 36.1 Å². The SMILES string of the molecule is CCNC(=NCc1ccccc1NS(C)(=O)=O)NCc1cc(C(CC)CC)no1.I. The number of nitrogens with one attached hydrogen (secondary N) is 3. The zero-order valence-electron chi connectivity index (χ0n) is 17.9. The smallest absolute Gasteiger partial charge is 0.229 e. The van der Waals surface area contributed by atoms with Gasteiger partial charge in [-0.3, -0.25) is 4.72 Å². The van der Waals surface area contributed by atoms with Gasteiger partial charge < -0.3 is 15.2 Å². The van der Waals surface area contributed by atoms with E-state index in [0.29, 0.717) is 37.2 Å². The Bertz CT molecular complexity index is 911. The Morgan fingerprint density at radius 3 is 2.50 bits per heavy atom. The van der Waals surface area contributed by atoms with E-state index in [1.54, 1.807) is 12.1 Å². The largest absolute Gasteiger partial charge is 0.359 e. The normalized spacial score (nSPS) is 11.8. The van der Waals surface area contributed by atoms with E-state index in [2.05, 4.69) is 39.4 Å². The number of nitrogens with zero attached hydrogens (tertiary/aromatic N) is 2. The van der Waals surface area contributed by atoms with Crippen molar-refractivity contribution in [2.45, 2.75) is 52.6 Å². The average molecular weight is 549 g/mol. The summed E-state index contributed by atoms with van der Waals surface area (Å²) < 4.78 is 31.1. The molecule has 0 fully saturated rings. The van der Waals surface area contributed by atoms with Crippen LogP contribution in [0.25, 0.3) is 0 Å². The second-order valence-corrected chi connectivity index (χ2v) is 8.56. The highest BCUT2D eigenvalue weighted by molar-refractivity contribution is 14.0. The highest BCUT2D eigenvalue weighted by Gasteiger charge is 2.13. The van der Waals surface area contributed by atoms with Crippen LogP contribution in [0.3, 0.4) is 0 Å². The number of para-hydroxylation sites is 1. The third-order valence-corrected chi connectivity index (χ3v) is 5.07. The van der Waals surface area contributed by atoms with Crippen molar-refractivity contribution < 1.29 is 12.9 Å². The van der Waals surface area contributed by atoms with E-state index in [9.17, 15) is 8.42 Å². The first-order valence-electron chi connectivity index (χ1n) is 9.89. The maximum Gasteiger partial charge on any atom is 0.229 e. The van der Waals surface area contributed by atoms with Gasteiger partial charge in [-0.1, -0.05) is 37.2 Å². The second kappa shape index (κ2) is 12.8.